The van der Waals surface area contributed by atoms with E-state index in [1.165, 1.54) is 28.3 Å². The van der Waals surface area contributed by atoms with Crippen molar-refractivity contribution in [2.24, 2.45) is 5.92 Å². The molecule has 7 nitrogen and oxygen atoms in total. The smallest absolute Gasteiger partial charge is 0.254 e. The van der Waals surface area contributed by atoms with Crippen LogP contribution in [0.3, 0.4) is 0 Å². The van der Waals surface area contributed by atoms with Crippen LogP contribution in [0, 0.1) is 11.7 Å². The Morgan fingerprint density at radius 1 is 0.974 bits per heavy atom. The second-order valence-corrected chi connectivity index (χ2v) is 12.6. The third-order valence-corrected chi connectivity index (χ3v) is 9.19. The molecule has 0 radical (unpaired) electrons. The van der Waals surface area contributed by atoms with E-state index in [2.05, 4.69) is 0 Å². The first-order chi connectivity index (χ1) is 18.1. The lowest BCUT2D eigenvalue weighted by molar-refractivity contribution is -0.137. The molecule has 4 rings (SSSR count). The van der Waals surface area contributed by atoms with Gasteiger partial charge in [0.2, 0.25) is 15.9 Å². The number of hydrogen-bond acceptors (Lipinski definition) is 4. The predicted molar refractivity (Wildman–Crippen MR) is 146 cm³/mol. The molecule has 1 aliphatic carbocycles. The molecule has 0 N–H and O–H groups in total. The summed E-state index contributed by atoms with van der Waals surface area (Å²) < 4.78 is 38.3. The monoisotopic (exact) mass is 543 g/mol. The van der Waals surface area contributed by atoms with Crippen LogP contribution in [0.2, 0.25) is 0 Å². The predicted octanol–water partition coefficient (Wildman–Crippen LogP) is 4.12. The molecule has 1 heterocycles. The van der Waals surface area contributed by atoms with Gasteiger partial charge in [-0.05, 0) is 60.9 Å². The van der Waals surface area contributed by atoms with Gasteiger partial charge in [-0.1, -0.05) is 49.6 Å². The van der Waals surface area contributed by atoms with Gasteiger partial charge in [0, 0.05) is 38.8 Å². The highest BCUT2D eigenvalue weighted by Gasteiger charge is 2.37. The lowest BCUT2D eigenvalue weighted by atomic mass is 10.0. The molecule has 0 bridgehead atoms. The number of carbonyl (C=O) groups excluding carboxylic acids is 2. The highest BCUT2D eigenvalue weighted by molar-refractivity contribution is 7.88. The van der Waals surface area contributed by atoms with E-state index in [1.54, 1.807) is 41.1 Å². The number of rotatable bonds is 11. The molecule has 3 atom stereocenters. The normalized spacial score (nSPS) is 20.7. The van der Waals surface area contributed by atoms with Gasteiger partial charge in [0.25, 0.3) is 5.91 Å². The van der Waals surface area contributed by atoms with Crippen LogP contribution >= 0.6 is 0 Å². The Morgan fingerprint density at radius 3 is 2.26 bits per heavy atom. The van der Waals surface area contributed by atoms with Crippen molar-refractivity contribution in [2.45, 2.75) is 50.5 Å². The van der Waals surface area contributed by atoms with Gasteiger partial charge < -0.3 is 9.80 Å². The summed E-state index contributed by atoms with van der Waals surface area (Å²) in [7, 11) is -1.61. The minimum Gasteiger partial charge on any atom is -0.338 e. The maximum absolute atomic E-state index is 13.6. The fourth-order valence-corrected chi connectivity index (χ4v) is 6.29. The quantitative estimate of drug-likeness (QED) is 0.400. The first-order valence-electron chi connectivity index (χ1n) is 13.5. The van der Waals surface area contributed by atoms with Crippen molar-refractivity contribution in [1.29, 1.82) is 0 Å². The number of unbranched alkanes of at least 4 members (excludes halogenated alkanes) is 2. The van der Waals surface area contributed by atoms with Crippen LogP contribution in [0.4, 0.5) is 4.39 Å². The number of sulfonamides is 1. The summed E-state index contributed by atoms with van der Waals surface area (Å²) in [5.41, 5.74) is 1.74. The summed E-state index contributed by atoms with van der Waals surface area (Å²) >= 11 is 0. The number of likely N-dealkylation sites (N-methyl/N-ethyl adjacent to an activating group) is 1. The van der Waals surface area contributed by atoms with E-state index >= 15 is 0 Å². The Bertz CT molecular complexity index is 1200. The number of amides is 2. The first kappa shape index (κ1) is 28.2. The van der Waals surface area contributed by atoms with Gasteiger partial charge in [0.05, 0.1) is 6.26 Å². The summed E-state index contributed by atoms with van der Waals surface area (Å²) in [6.07, 6.45) is 6.82. The average Bonchev–Trinajstić information content (AvgIpc) is 3.69. The van der Waals surface area contributed by atoms with E-state index < -0.39 is 16.1 Å². The molecule has 2 aromatic carbocycles. The molecule has 1 unspecified atom stereocenters. The lowest BCUT2D eigenvalue weighted by Crippen LogP contribution is -2.56. The van der Waals surface area contributed by atoms with E-state index in [9.17, 15) is 22.4 Å². The number of carbonyl (C=O) groups is 2. The van der Waals surface area contributed by atoms with Crippen molar-refractivity contribution >= 4 is 21.8 Å². The first-order valence-corrected chi connectivity index (χ1v) is 15.3. The maximum Gasteiger partial charge on any atom is 0.254 e. The van der Waals surface area contributed by atoms with Gasteiger partial charge in [-0.2, -0.15) is 4.31 Å². The third kappa shape index (κ3) is 7.20. The minimum absolute atomic E-state index is 0.122. The zero-order chi connectivity index (χ0) is 27.3. The van der Waals surface area contributed by atoms with E-state index in [0.717, 1.165) is 32.1 Å². The summed E-state index contributed by atoms with van der Waals surface area (Å²) in [5, 5.41) is 0. The zero-order valence-corrected chi connectivity index (χ0v) is 23.1. The number of halogens is 1. The molecule has 206 valence electrons. The third-order valence-electron chi connectivity index (χ3n) is 7.89. The van der Waals surface area contributed by atoms with Crippen LogP contribution in [0.15, 0.2) is 54.6 Å². The zero-order valence-electron chi connectivity index (χ0n) is 22.3. The summed E-state index contributed by atoms with van der Waals surface area (Å²) in [4.78, 5) is 30.0. The second kappa shape index (κ2) is 12.4. The molecule has 1 aliphatic heterocycles. The van der Waals surface area contributed by atoms with Crippen molar-refractivity contribution in [3.63, 3.8) is 0 Å². The van der Waals surface area contributed by atoms with E-state index in [1.807, 2.05) is 18.2 Å². The van der Waals surface area contributed by atoms with E-state index in [-0.39, 0.29) is 30.7 Å². The minimum atomic E-state index is -3.29. The van der Waals surface area contributed by atoms with Crippen molar-refractivity contribution in [2.75, 3.05) is 39.5 Å². The van der Waals surface area contributed by atoms with Crippen LogP contribution in [-0.4, -0.2) is 79.9 Å². The van der Waals surface area contributed by atoms with Gasteiger partial charge in [-0.15, -0.1) is 0 Å². The molecule has 2 amide bonds. The summed E-state index contributed by atoms with van der Waals surface area (Å²) in [5.74, 6) is 0.627. The molecular weight excluding hydrogens is 505 g/mol. The van der Waals surface area contributed by atoms with Crippen molar-refractivity contribution in [1.82, 2.24) is 14.1 Å². The van der Waals surface area contributed by atoms with Gasteiger partial charge in [0.1, 0.15) is 11.9 Å². The van der Waals surface area contributed by atoms with Gasteiger partial charge in [-0.3, -0.25) is 9.59 Å². The SMILES string of the molecule is CN(C(=O)c1ccccc1)[C@@H](CCCCCC1C[C@H]1c1ccc(F)cc1)C(=O)N1CCN(S(C)(=O)=O)CC1. The average molecular weight is 544 g/mol. The van der Waals surface area contributed by atoms with Gasteiger partial charge in [0.15, 0.2) is 0 Å². The van der Waals surface area contributed by atoms with Crippen LogP contribution in [0.25, 0.3) is 0 Å². The van der Waals surface area contributed by atoms with Crippen LogP contribution in [0.5, 0.6) is 0 Å². The maximum atomic E-state index is 13.6. The highest BCUT2D eigenvalue weighted by atomic mass is 32.2. The number of nitrogens with zero attached hydrogens (tertiary/aromatic N) is 3. The van der Waals surface area contributed by atoms with Crippen LogP contribution in [0.1, 0.15) is 60.4 Å². The number of hydrogen-bond donors (Lipinski definition) is 0. The molecule has 1 saturated carbocycles. The Kier molecular flexibility index (Phi) is 9.20. The molecule has 0 aromatic heterocycles. The topological polar surface area (TPSA) is 78.0 Å². The highest BCUT2D eigenvalue weighted by Crippen LogP contribution is 2.50. The fourth-order valence-electron chi connectivity index (χ4n) is 5.47. The molecule has 1 saturated heterocycles. The molecule has 2 aliphatic rings. The Labute approximate surface area is 225 Å². The summed E-state index contributed by atoms with van der Waals surface area (Å²) in [6, 6.07) is 15.2. The van der Waals surface area contributed by atoms with E-state index in [0.29, 0.717) is 36.9 Å². The standard InChI is InChI=1S/C29H38FN3O4S/c1-31(28(34)23-9-5-3-6-10-23)27(29(35)32-17-19-33(20-18-32)38(2,36)37)12-8-4-7-11-24-21-26(24)22-13-15-25(30)16-14-22/h3,5-6,9-10,13-16,24,26-27H,4,7-8,11-12,17-21H2,1-2H3/t24?,26-,27-/m0/s1. The largest absolute Gasteiger partial charge is 0.338 e. The van der Waals surface area contributed by atoms with Crippen molar-refractivity contribution in [3.8, 4) is 0 Å². The van der Waals surface area contributed by atoms with Crippen molar-refractivity contribution in [3.05, 3.63) is 71.5 Å². The Hall–Kier alpha value is -2.78. The summed E-state index contributed by atoms with van der Waals surface area (Å²) in [6.45, 7) is 1.18. The fraction of sp³-hybridized carbons (Fsp3) is 0.517. The molecule has 2 aromatic rings. The van der Waals surface area contributed by atoms with Crippen LogP contribution < -0.4 is 0 Å². The second-order valence-electron chi connectivity index (χ2n) is 10.6. The molecule has 38 heavy (non-hydrogen) atoms. The molecule has 9 heteroatoms. The molecule has 0 spiro atoms. The Morgan fingerprint density at radius 2 is 1.63 bits per heavy atom. The van der Waals surface area contributed by atoms with E-state index in [4.69, 9.17) is 0 Å². The van der Waals surface area contributed by atoms with Gasteiger partial charge in [-0.25, -0.2) is 12.8 Å². The number of piperazine rings is 1. The molecular formula is C29H38FN3O4S. The van der Waals surface area contributed by atoms with Gasteiger partial charge >= 0.3 is 0 Å². The van der Waals surface area contributed by atoms with Crippen LogP contribution in [-0.2, 0) is 14.8 Å². The lowest BCUT2D eigenvalue weighted by Gasteiger charge is -2.37. The Balaban J connectivity index is 1.31. The molecule has 2 fully saturated rings. The van der Waals surface area contributed by atoms with Crippen molar-refractivity contribution < 1.29 is 22.4 Å². The number of benzene rings is 2.